The normalized spacial score (nSPS) is 12.3. The van der Waals surface area contributed by atoms with Crippen LogP contribution < -0.4 is 10.5 Å². The fraction of sp³-hybridized carbons (Fsp3) is 0.364. The number of carbonyl (C=O) groups is 1. The van der Waals surface area contributed by atoms with Crippen molar-refractivity contribution in [3.8, 4) is 5.75 Å². The Hall–Kier alpha value is -1.55. The highest BCUT2D eigenvalue weighted by Crippen LogP contribution is 2.29. The number of carboxylic acids is 1. The molecule has 0 aromatic heterocycles. The van der Waals surface area contributed by atoms with E-state index >= 15 is 0 Å². The van der Waals surface area contributed by atoms with E-state index in [4.69, 9.17) is 15.6 Å². The van der Waals surface area contributed by atoms with Crippen molar-refractivity contribution in [3.05, 3.63) is 28.8 Å². The monoisotopic (exact) mass is 209 g/mol. The molecule has 0 spiro atoms. The quantitative estimate of drug-likeness (QED) is 0.789. The molecule has 4 heteroatoms. The lowest BCUT2D eigenvalue weighted by molar-refractivity contribution is -0.138. The van der Waals surface area contributed by atoms with Gasteiger partial charge in [-0.1, -0.05) is 17.7 Å². The molecule has 82 valence electrons. The van der Waals surface area contributed by atoms with Gasteiger partial charge >= 0.3 is 5.97 Å². The third kappa shape index (κ3) is 2.27. The van der Waals surface area contributed by atoms with Crippen LogP contribution >= 0.6 is 0 Å². The van der Waals surface area contributed by atoms with Crippen molar-refractivity contribution in [2.24, 2.45) is 5.73 Å². The molecule has 0 unspecified atom stereocenters. The van der Waals surface area contributed by atoms with Crippen LogP contribution in [0.3, 0.4) is 0 Å². The minimum absolute atomic E-state index is 0.516. The first-order chi connectivity index (χ1) is 6.97. The van der Waals surface area contributed by atoms with E-state index < -0.39 is 12.0 Å². The van der Waals surface area contributed by atoms with Crippen molar-refractivity contribution in [2.45, 2.75) is 19.9 Å². The fourth-order valence-corrected chi connectivity index (χ4v) is 1.63. The fourth-order valence-electron chi connectivity index (χ4n) is 1.63. The van der Waals surface area contributed by atoms with Crippen molar-refractivity contribution in [3.63, 3.8) is 0 Å². The lowest BCUT2D eigenvalue weighted by Gasteiger charge is -2.15. The molecule has 0 amide bonds. The zero-order valence-electron chi connectivity index (χ0n) is 9.07. The summed E-state index contributed by atoms with van der Waals surface area (Å²) in [6.07, 6.45) is 0. The summed E-state index contributed by atoms with van der Waals surface area (Å²) < 4.78 is 5.16. The first-order valence-electron chi connectivity index (χ1n) is 4.61. The van der Waals surface area contributed by atoms with Gasteiger partial charge in [0, 0.05) is 5.56 Å². The SMILES string of the molecule is COc1c(C)cc(C)cc1[C@H](N)C(=O)O. The summed E-state index contributed by atoms with van der Waals surface area (Å²) in [6.45, 7) is 3.76. The average molecular weight is 209 g/mol. The second-order valence-electron chi connectivity index (χ2n) is 3.52. The van der Waals surface area contributed by atoms with E-state index in [0.29, 0.717) is 11.3 Å². The lowest BCUT2D eigenvalue weighted by Crippen LogP contribution is -2.21. The highest BCUT2D eigenvalue weighted by molar-refractivity contribution is 5.76. The Morgan fingerprint density at radius 2 is 2.07 bits per heavy atom. The van der Waals surface area contributed by atoms with Crippen molar-refractivity contribution in [2.75, 3.05) is 7.11 Å². The van der Waals surface area contributed by atoms with Gasteiger partial charge in [-0.3, -0.25) is 4.79 Å². The number of nitrogens with two attached hydrogens (primary N) is 1. The Morgan fingerprint density at radius 1 is 1.47 bits per heavy atom. The van der Waals surface area contributed by atoms with E-state index in [-0.39, 0.29) is 0 Å². The zero-order chi connectivity index (χ0) is 11.6. The number of rotatable bonds is 3. The highest BCUT2D eigenvalue weighted by atomic mass is 16.5. The Labute approximate surface area is 88.7 Å². The van der Waals surface area contributed by atoms with Gasteiger partial charge in [0.15, 0.2) is 0 Å². The topological polar surface area (TPSA) is 72.5 Å². The van der Waals surface area contributed by atoms with Crippen molar-refractivity contribution >= 4 is 5.97 Å². The molecular weight excluding hydrogens is 194 g/mol. The molecule has 1 aromatic rings. The molecule has 0 saturated heterocycles. The summed E-state index contributed by atoms with van der Waals surface area (Å²) in [7, 11) is 1.51. The lowest BCUT2D eigenvalue weighted by atomic mass is 10.0. The summed E-state index contributed by atoms with van der Waals surface area (Å²) in [6, 6.07) is 2.63. The van der Waals surface area contributed by atoms with Gasteiger partial charge in [-0.15, -0.1) is 0 Å². The van der Waals surface area contributed by atoms with Gasteiger partial charge < -0.3 is 15.6 Å². The summed E-state index contributed by atoms with van der Waals surface area (Å²) in [4.78, 5) is 10.8. The molecule has 0 aliphatic heterocycles. The van der Waals surface area contributed by atoms with Gasteiger partial charge in [-0.25, -0.2) is 0 Å². The van der Waals surface area contributed by atoms with Crippen LogP contribution in [0, 0.1) is 13.8 Å². The highest BCUT2D eigenvalue weighted by Gasteiger charge is 2.20. The largest absolute Gasteiger partial charge is 0.496 e. The molecule has 0 radical (unpaired) electrons. The number of benzene rings is 1. The Kier molecular flexibility index (Phi) is 3.31. The maximum atomic E-state index is 10.8. The maximum absolute atomic E-state index is 10.8. The summed E-state index contributed by atoms with van der Waals surface area (Å²) in [5, 5.41) is 8.86. The zero-order valence-corrected chi connectivity index (χ0v) is 9.07. The van der Waals surface area contributed by atoms with Crippen LogP contribution in [0.15, 0.2) is 12.1 Å². The van der Waals surface area contributed by atoms with Gasteiger partial charge in [0.05, 0.1) is 7.11 Å². The van der Waals surface area contributed by atoms with Crippen LogP contribution in [0.4, 0.5) is 0 Å². The van der Waals surface area contributed by atoms with Crippen LogP contribution in [0.5, 0.6) is 5.75 Å². The number of carboxylic acid groups (broad SMARTS) is 1. The minimum atomic E-state index is -1.06. The molecule has 0 aliphatic rings. The van der Waals surface area contributed by atoms with E-state index in [1.807, 2.05) is 19.9 Å². The summed E-state index contributed by atoms with van der Waals surface area (Å²) >= 11 is 0. The van der Waals surface area contributed by atoms with E-state index in [0.717, 1.165) is 11.1 Å². The maximum Gasteiger partial charge on any atom is 0.325 e. The van der Waals surface area contributed by atoms with Crippen LogP contribution in [-0.2, 0) is 4.79 Å². The molecule has 0 aliphatic carbocycles. The second kappa shape index (κ2) is 4.31. The number of ether oxygens (including phenoxy) is 1. The number of methoxy groups -OCH3 is 1. The first-order valence-corrected chi connectivity index (χ1v) is 4.61. The molecule has 1 aromatic carbocycles. The van der Waals surface area contributed by atoms with Gasteiger partial charge in [0.2, 0.25) is 0 Å². The number of aliphatic carboxylic acids is 1. The predicted octanol–water partition coefficient (Wildman–Crippen LogP) is 1.40. The van der Waals surface area contributed by atoms with Gasteiger partial charge in [0.1, 0.15) is 11.8 Å². The van der Waals surface area contributed by atoms with Crippen LogP contribution in [-0.4, -0.2) is 18.2 Å². The van der Waals surface area contributed by atoms with Gasteiger partial charge in [0.25, 0.3) is 0 Å². The van der Waals surface area contributed by atoms with Crippen molar-refractivity contribution in [1.82, 2.24) is 0 Å². The summed E-state index contributed by atoms with van der Waals surface area (Å²) in [5.74, 6) is -0.506. The van der Waals surface area contributed by atoms with Gasteiger partial charge in [-0.2, -0.15) is 0 Å². The molecular formula is C11H15NO3. The molecule has 1 rings (SSSR count). The molecule has 0 fully saturated rings. The van der Waals surface area contributed by atoms with E-state index in [2.05, 4.69) is 0 Å². The summed E-state index contributed by atoms with van der Waals surface area (Å²) in [5.41, 5.74) is 7.95. The third-order valence-corrected chi connectivity index (χ3v) is 2.25. The number of hydrogen-bond acceptors (Lipinski definition) is 3. The molecule has 0 heterocycles. The van der Waals surface area contributed by atoms with Gasteiger partial charge in [-0.05, 0) is 19.4 Å². The standard InChI is InChI=1S/C11H15NO3/c1-6-4-7(2)10(15-3)8(5-6)9(12)11(13)14/h4-5,9H,12H2,1-3H3,(H,13,14)/t9-/m0/s1. The minimum Gasteiger partial charge on any atom is -0.496 e. The van der Waals surface area contributed by atoms with Crippen molar-refractivity contribution < 1.29 is 14.6 Å². The Balaban J connectivity index is 3.32. The molecule has 0 saturated carbocycles. The first kappa shape index (κ1) is 11.5. The predicted molar refractivity (Wildman–Crippen MR) is 57.0 cm³/mol. The Bertz CT molecular complexity index is 388. The number of aryl methyl sites for hydroxylation is 2. The molecule has 4 nitrogen and oxygen atoms in total. The van der Waals surface area contributed by atoms with E-state index in [1.165, 1.54) is 7.11 Å². The third-order valence-electron chi connectivity index (χ3n) is 2.25. The van der Waals surface area contributed by atoms with Crippen LogP contribution in [0.25, 0.3) is 0 Å². The van der Waals surface area contributed by atoms with Crippen LogP contribution in [0.2, 0.25) is 0 Å². The Morgan fingerprint density at radius 3 is 2.53 bits per heavy atom. The average Bonchev–Trinajstić information content (AvgIpc) is 2.15. The number of hydrogen-bond donors (Lipinski definition) is 2. The molecule has 15 heavy (non-hydrogen) atoms. The molecule has 1 atom stereocenters. The van der Waals surface area contributed by atoms with E-state index in [1.54, 1.807) is 6.07 Å². The smallest absolute Gasteiger partial charge is 0.325 e. The van der Waals surface area contributed by atoms with E-state index in [9.17, 15) is 4.79 Å². The molecule has 3 N–H and O–H groups in total. The molecule has 0 bridgehead atoms. The van der Waals surface area contributed by atoms with Crippen molar-refractivity contribution in [1.29, 1.82) is 0 Å². The van der Waals surface area contributed by atoms with Crippen LogP contribution in [0.1, 0.15) is 22.7 Å². The second-order valence-corrected chi connectivity index (χ2v) is 3.52.